The van der Waals surface area contributed by atoms with Crippen molar-refractivity contribution in [2.75, 3.05) is 6.54 Å². The summed E-state index contributed by atoms with van der Waals surface area (Å²) in [6.45, 7) is 2.92. The zero-order valence-electron chi connectivity index (χ0n) is 15.1. The molecule has 0 radical (unpaired) electrons. The van der Waals surface area contributed by atoms with Crippen LogP contribution in [0.3, 0.4) is 0 Å². The van der Waals surface area contributed by atoms with Crippen molar-refractivity contribution in [2.24, 2.45) is 11.0 Å². The highest BCUT2D eigenvalue weighted by Gasteiger charge is 2.26. The van der Waals surface area contributed by atoms with Gasteiger partial charge >= 0.3 is 0 Å². The first-order valence-electron chi connectivity index (χ1n) is 9.13. The number of carbonyl (C=O) groups is 1. The number of thiophene rings is 1. The fourth-order valence-corrected chi connectivity index (χ4v) is 4.29. The summed E-state index contributed by atoms with van der Waals surface area (Å²) in [4.78, 5) is 12.5. The van der Waals surface area contributed by atoms with E-state index >= 15 is 0 Å². The molecule has 2 aromatic carbocycles. The Bertz CT molecular complexity index is 964. The van der Waals surface area contributed by atoms with Gasteiger partial charge in [-0.1, -0.05) is 49.4 Å². The lowest BCUT2D eigenvalue weighted by Crippen LogP contribution is -2.25. The first-order chi connectivity index (χ1) is 13.3. The maximum atomic E-state index is 12.5. The van der Waals surface area contributed by atoms with E-state index in [0.717, 1.165) is 23.1 Å². The van der Waals surface area contributed by atoms with Crippen molar-refractivity contribution in [3.63, 3.8) is 0 Å². The van der Waals surface area contributed by atoms with E-state index in [1.807, 2.05) is 35.9 Å². The summed E-state index contributed by atoms with van der Waals surface area (Å²) in [6.07, 6.45) is 2.85. The molecule has 0 aliphatic carbocycles. The average Bonchev–Trinajstić information content (AvgIpc) is 3.35. The SMILES string of the molecule is CCc1ccc(C2NNCC2/C=N/NC(=O)c2csc3ccccc23)cc1. The van der Waals surface area contributed by atoms with Gasteiger partial charge in [0.05, 0.1) is 11.6 Å². The molecule has 1 fully saturated rings. The number of rotatable bonds is 5. The summed E-state index contributed by atoms with van der Waals surface area (Å²) in [5.74, 6) is -0.0107. The van der Waals surface area contributed by atoms with Gasteiger partial charge in [0.25, 0.3) is 5.91 Å². The van der Waals surface area contributed by atoms with Crippen molar-refractivity contribution in [1.82, 2.24) is 16.3 Å². The Morgan fingerprint density at radius 3 is 2.89 bits per heavy atom. The van der Waals surface area contributed by atoms with Gasteiger partial charge in [-0.05, 0) is 23.6 Å². The fraction of sp³-hybridized carbons (Fsp3) is 0.238. The highest BCUT2D eigenvalue weighted by Crippen LogP contribution is 2.26. The van der Waals surface area contributed by atoms with Gasteiger partial charge in [0.2, 0.25) is 0 Å². The van der Waals surface area contributed by atoms with E-state index in [2.05, 4.69) is 52.6 Å². The molecule has 5 nitrogen and oxygen atoms in total. The number of amides is 1. The van der Waals surface area contributed by atoms with Crippen molar-refractivity contribution in [1.29, 1.82) is 0 Å². The molecule has 1 aromatic heterocycles. The van der Waals surface area contributed by atoms with E-state index < -0.39 is 0 Å². The van der Waals surface area contributed by atoms with Gasteiger partial charge in [-0.15, -0.1) is 11.3 Å². The largest absolute Gasteiger partial charge is 0.272 e. The van der Waals surface area contributed by atoms with Crippen LogP contribution in [0.25, 0.3) is 10.1 Å². The quantitative estimate of drug-likeness (QED) is 0.469. The van der Waals surface area contributed by atoms with Crippen molar-refractivity contribution in [3.8, 4) is 0 Å². The van der Waals surface area contributed by atoms with Gasteiger partial charge in [0.1, 0.15) is 0 Å². The first-order valence-corrected chi connectivity index (χ1v) is 10.0. The first kappa shape index (κ1) is 17.9. The van der Waals surface area contributed by atoms with E-state index in [1.54, 1.807) is 11.3 Å². The Kier molecular flexibility index (Phi) is 5.29. The van der Waals surface area contributed by atoms with Gasteiger partial charge in [-0.25, -0.2) is 10.9 Å². The van der Waals surface area contributed by atoms with Crippen molar-refractivity contribution < 1.29 is 4.79 Å². The number of benzene rings is 2. The van der Waals surface area contributed by atoms with Crippen LogP contribution < -0.4 is 16.3 Å². The number of hydrogen-bond donors (Lipinski definition) is 3. The van der Waals surface area contributed by atoms with Crippen molar-refractivity contribution in [2.45, 2.75) is 19.4 Å². The van der Waals surface area contributed by atoms with Crippen LogP contribution >= 0.6 is 11.3 Å². The van der Waals surface area contributed by atoms with Crippen LogP contribution in [0.2, 0.25) is 0 Å². The number of nitrogens with zero attached hydrogens (tertiary/aromatic N) is 1. The van der Waals surface area contributed by atoms with E-state index in [-0.39, 0.29) is 17.9 Å². The fourth-order valence-electron chi connectivity index (χ4n) is 3.35. The van der Waals surface area contributed by atoms with E-state index in [9.17, 15) is 4.79 Å². The maximum absolute atomic E-state index is 12.5. The van der Waals surface area contributed by atoms with Gasteiger partial charge in [0, 0.05) is 34.1 Å². The van der Waals surface area contributed by atoms with Gasteiger partial charge in [-0.3, -0.25) is 10.2 Å². The molecule has 0 saturated carbocycles. The predicted octanol–water partition coefficient (Wildman–Crippen LogP) is 3.64. The summed E-state index contributed by atoms with van der Waals surface area (Å²) >= 11 is 1.57. The molecule has 2 unspecified atom stereocenters. The molecule has 0 spiro atoms. The molecule has 1 aliphatic heterocycles. The minimum Gasteiger partial charge on any atom is -0.267 e. The van der Waals surface area contributed by atoms with Crippen LogP contribution in [0.1, 0.15) is 34.5 Å². The monoisotopic (exact) mass is 378 g/mol. The lowest BCUT2D eigenvalue weighted by atomic mass is 9.95. The summed E-state index contributed by atoms with van der Waals surface area (Å²) < 4.78 is 1.10. The molecule has 1 aliphatic rings. The minimum absolute atomic E-state index is 0.138. The number of hydrazine groups is 1. The highest BCUT2D eigenvalue weighted by atomic mass is 32.1. The Hall–Kier alpha value is -2.54. The molecule has 27 heavy (non-hydrogen) atoms. The van der Waals surface area contributed by atoms with Crippen LogP contribution in [-0.4, -0.2) is 18.7 Å². The molecule has 2 heterocycles. The third-order valence-electron chi connectivity index (χ3n) is 4.93. The Morgan fingerprint density at radius 2 is 2.07 bits per heavy atom. The van der Waals surface area contributed by atoms with Gasteiger partial charge in [0.15, 0.2) is 0 Å². The van der Waals surface area contributed by atoms with Crippen LogP contribution in [0.4, 0.5) is 0 Å². The average molecular weight is 379 g/mol. The molecule has 3 N–H and O–H groups in total. The molecule has 1 saturated heterocycles. The maximum Gasteiger partial charge on any atom is 0.272 e. The molecule has 6 heteroatoms. The second kappa shape index (κ2) is 8.00. The Morgan fingerprint density at radius 1 is 1.26 bits per heavy atom. The molecule has 3 aromatic rings. The topological polar surface area (TPSA) is 65.5 Å². The van der Waals surface area contributed by atoms with E-state index in [0.29, 0.717) is 5.56 Å². The molecule has 0 bridgehead atoms. The lowest BCUT2D eigenvalue weighted by Gasteiger charge is -2.15. The standard InChI is InChI=1S/C21H22N4OS/c1-2-14-7-9-15(10-8-14)20-16(11-22-24-20)12-23-25-21(26)18-13-27-19-6-4-3-5-17(18)19/h3-10,12-13,16,20,22,24H,2,11H2,1H3,(H,25,26)/b23-12+. The lowest BCUT2D eigenvalue weighted by molar-refractivity contribution is 0.0957. The minimum atomic E-state index is -0.175. The number of carbonyl (C=O) groups excluding carboxylic acids is 1. The van der Waals surface area contributed by atoms with Crippen LogP contribution in [0.5, 0.6) is 0 Å². The summed E-state index contributed by atoms with van der Waals surface area (Å²) in [5.41, 5.74) is 12.4. The van der Waals surface area contributed by atoms with Crippen LogP contribution in [0.15, 0.2) is 59.0 Å². The second-order valence-electron chi connectivity index (χ2n) is 6.63. The Labute approximate surface area is 162 Å². The van der Waals surface area contributed by atoms with Gasteiger partial charge < -0.3 is 0 Å². The summed E-state index contributed by atoms with van der Waals surface area (Å²) in [5, 5.41) is 7.07. The zero-order valence-corrected chi connectivity index (χ0v) is 15.9. The second-order valence-corrected chi connectivity index (χ2v) is 7.54. The number of aryl methyl sites for hydroxylation is 1. The normalized spacial score (nSPS) is 19.7. The van der Waals surface area contributed by atoms with E-state index in [4.69, 9.17) is 0 Å². The molecule has 1 amide bonds. The number of hydrogen-bond acceptors (Lipinski definition) is 5. The molecule has 4 rings (SSSR count). The van der Waals surface area contributed by atoms with Crippen molar-refractivity contribution >= 4 is 33.5 Å². The highest BCUT2D eigenvalue weighted by molar-refractivity contribution is 7.17. The van der Waals surface area contributed by atoms with Gasteiger partial charge in [-0.2, -0.15) is 5.10 Å². The van der Waals surface area contributed by atoms with Crippen molar-refractivity contribution in [3.05, 3.63) is 70.6 Å². The number of hydrazone groups is 1. The van der Waals surface area contributed by atoms with E-state index in [1.165, 1.54) is 11.1 Å². The number of nitrogens with one attached hydrogen (secondary N) is 3. The molecule has 138 valence electrons. The third-order valence-corrected chi connectivity index (χ3v) is 5.89. The Balaban J connectivity index is 1.43. The summed E-state index contributed by atoms with van der Waals surface area (Å²) in [6, 6.07) is 16.7. The smallest absolute Gasteiger partial charge is 0.267 e. The zero-order chi connectivity index (χ0) is 18.6. The molecule has 2 atom stereocenters. The predicted molar refractivity (Wildman–Crippen MR) is 111 cm³/mol. The number of fused-ring (bicyclic) bond motifs is 1. The third kappa shape index (κ3) is 3.78. The van der Waals surface area contributed by atoms with Crippen LogP contribution in [0, 0.1) is 5.92 Å². The summed E-state index contributed by atoms with van der Waals surface area (Å²) in [7, 11) is 0. The molecular formula is C21H22N4OS. The van der Waals surface area contributed by atoms with Crippen LogP contribution in [-0.2, 0) is 6.42 Å². The molecular weight excluding hydrogens is 356 g/mol.